The first-order valence-corrected chi connectivity index (χ1v) is 7.78. The third kappa shape index (κ3) is 7.34. The normalized spacial score (nSPS) is 17.6. The van der Waals surface area contributed by atoms with E-state index < -0.39 is 9.84 Å². The van der Waals surface area contributed by atoms with Crippen LogP contribution in [0.3, 0.4) is 0 Å². The molecule has 1 aliphatic rings. The maximum atomic E-state index is 10.8. The summed E-state index contributed by atoms with van der Waals surface area (Å²) in [6, 6.07) is 0.760. The molecular weight excluding hydrogens is 206 g/mol. The van der Waals surface area contributed by atoms with Crippen LogP contribution in [-0.4, -0.2) is 44.5 Å². The lowest BCUT2D eigenvalue weighted by Crippen LogP contribution is -2.19. The number of hydrogen-bond donors (Lipinski definition) is 1. The van der Waals surface area contributed by atoms with Crippen molar-refractivity contribution >= 4 is 21.6 Å². The Morgan fingerprint density at radius 1 is 1.38 bits per heavy atom. The summed E-state index contributed by atoms with van der Waals surface area (Å²) in [5, 5.41) is 3.38. The van der Waals surface area contributed by atoms with Crippen molar-refractivity contribution in [2.45, 2.75) is 18.9 Å². The first-order valence-electron chi connectivity index (χ1n) is 4.57. The molecule has 0 amide bonds. The van der Waals surface area contributed by atoms with Gasteiger partial charge in [0.15, 0.2) is 0 Å². The van der Waals surface area contributed by atoms with Crippen LogP contribution in [0, 0.1) is 0 Å². The van der Waals surface area contributed by atoms with Crippen LogP contribution in [-0.2, 0) is 9.84 Å². The van der Waals surface area contributed by atoms with E-state index in [-0.39, 0.29) is 0 Å². The molecule has 0 spiro atoms. The average Bonchev–Trinajstić information content (AvgIpc) is 2.77. The van der Waals surface area contributed by atoms with Gasteiger partial charge in [0.25, 0.3) is 0 Å². The fourth-order valence-corrected chi connectivity index (χ4v) is 3.08. The van der Waals surface area contributed by atoms with Crippen LogP contribution in [0.2, 0.25) is 0 Å². The molecule has 5 heteroatoms. The van der Waals surface area contributed by atoms with E-state index in [4.69, 9.17) is 0 Å². The smallest absolute Gasteiger partial charge is 0.148 e. The minimum absolute atomic E-state index is 0.307. The number of thioether (sulfide) groups is 1. The van der Waals surface area contributed by atoms with E-state index in [1.165, 1.54) is 19.1 Å². The quantitative estimate of drug-likeness (QED) is 0.639. The monoisotopic (exact) mass is 223 g/mol. The lowest BCUT2D eigenvalue weighted by Gasteiger charge is -2.01. The summed E-state index contributed by atoms with van der Waals surface area (Å²) >= 11 is 1.71. The standard InChI is InChI=1S/C8H17NO2S2/c1-13(10,11)7-6-12-5-4-9-8-2-3-8/h8-9H,2-7H2,1H3. The molecule has 13 heavy (non-hydrogen) atoms. The van der Waals surface area contributed by atoms with Gasteiger partial charge in [-0.05, 0) is 12.8 Å². The van der Waals surface area contributed by atoms with Gasteiger partial charge in [0, 0.05) is 30.3 Å². The Balaban J connectivity index is 1.83. The summed E-state index contributed by atoms with van der Waals surface area (Å²) in [6.07, 6.45) is 3.91. The van der Waals surface area contributed by atoms with Crippen LogP contribution in [0.5, 0.6) is 0 Å². The third-order valence-corrected chi connectivity index (χ3v) is 4.04. The zero-order valence-electron chi connectivity index (χ0n) is 7.95. The molecule has 0 heterocycles. The maximum Gasteiger partial charge on any atom is 0.148 e. The van der Waals surface area contributed by atoms with E-state index in [0.717, 1.165) is 24.1 Å². The highest BCUT2D eigenvalue weighted by Crippen LogP contribution is 2.18. The van der Waals surface area contributed by atoms with Gasteiger partial charge >= 0.3 is 0 Å². The molecule has 1 aliphatic carbocycles. The van der Waals surface area contributed by atoms with Gasteiger partial charge in [-0.25, -0.2) is 8.42 Å². The van der Waals surface area contributed by atoms with Gasteiger partial charge in [0.2, 0.25) is 0 Å². The summed E-state index contributed by atoms with van der Waals surface area (Å²) in [5.41, 5.74) is 0. The Morgan fingerprint density at radius 2 is 2.08 bits per heavy atom. The Morgan fingerprint density at radius 3 is 2.62 bits per heavy atom. The van der Waals surface area contributed by atoms with Crippen LogP contribution in [0.25, 0.3) is 0 Å². The minimum Gasteiger partial charge on any atom is -0.313 e. The van der Waals surface area contributed by atoms with Gasteiger partial charge in [-0.15, -0.1) is 0 Å². The van der Waals surface area contributed by atoms with Crippen LogP contribution >= 0.6 is 11.8 Å². The number of hydrogen-bond acceptors (Lipinski definition) is 4. The van der Waals surface area contributed by atoms with Gasteiger partial charge in [-0.1, -0.05) is 0 Å². The molecule has 1 fully saturated rings. The van der Waals surface area contributed by atoms with Crippen LogP contribution in [0.1, 0.15) is 12.8 Å². The van der Waals surface area contributed by atoms with Crippen molar-refractivity contribution in [3.63, 3.8) is 0 Å². The van der Waals surface area contributed by atoms with E-state index >= 15 is 0 Å². The number of nitrogens with one attached hydrogen (secondary N) is 1. The highest BCUT2D eigenvalue weighted by atomic mass is 32.2. The van der Waals surface area contributed by atoms with Gasteiger partial charge in [-0.2, -0.15) is 11.8 Å². The highest BCUT2D eigenvalue weighted by molar-refractivity contribution is 8.00. The Labute approximate surface area is 84.6 Å². The van der Waals surface area contributed by atoms with Gasteiger partial charge in [0.1, 0.15) is 9.84 Å². The molecule has 3 nitrogen and oxygen atoms in total. The summed E-state index contributed by atoms with van der Waals surface area (Å²) in [4.78, 5) is 0. The average molecular weight is 223 g/mol. The predicted octanol–water partition coefficient (Wildman–Crippen LogP) is 0.516. The zero-order chi connectivity index (χ0) is 9.73. The van der Waals surface area contributed by atoms with E-state index in [2.05, 4.69) is 5.32 Å². The van der Waals surface area contributed by atoms with Crippen molar-refractivity contribution in [2.24, 2.45) is 0 Å². The molecule has 1 rings (SSSR count). The minimum atomic E-state index is -2.76. The van der Waals surface area contributed by atoms with Crippen molar-refractivity contribution in [3.8, 4) is 0 Å². The van der Waals surface area contributed by atoms with Gasteiger partial charge < -0.3 is 5.32 Å². The van der Waals surface area contributed by atoms with Crippen molar-refractivity contribution in [2.75, 3.05) is 30.1 Å². The van der Waals surface area contributed by atoms with E-state index in [1.54, 1.807) is 11.8 Å². The fraction of sp³-hybridized carbons (Fsp3) is 1.00. The molecule has 1 N–H and O–H groups in total. The molecule has 0 aromatic carbocycles. The SMILES string of the molecule is CS(=O)(=O)CCSCCNC1CC1. The third-order valence-electron chi connectivity index (χ3n) is 1.86. The zero-order valence-corrected chi connectivity index (χ0v) is 9.59. The van der Waals surface area contributed by atoms with Crippen molar-refractivity contribution in [3.05, 3.63) is 0 Å². The Kier molecular flexibility index (Phi) is 4.55. The molecule has 0 aromatic heterocycles. The maximum absolute atomic E-state index is 10.8. The van der Waals surface area contributed by atoms with E-state index in [9.17, 15) is 8.42 Å². The van der Waals surface area contributed by atoms with Crippen LogP contribution < -0.4 is 5.32 Å². The molecule has 0 bridgehead atoms. The molecule has 0 unspecified atom stereocenters. The molecular formula is C8H17NO2S2. The fourth-order valence-electron chi connectivity index (χ4n) is 0.935. The molecule has 0 radical (unpaired) electrons. The topological polar surface area (TPSA) is 46.2 Å². The summed E-state index contributed by atoms with van der Waals surface area (Å²) in [5.74, 6) is 2.05. The molecule has 1 saturated carbocycles. The van der Waals surface area contributed by atoms with E-state index in [0.29, 0.717) is 5.75 Å². The molecule has 0 saturated heterocycles. The van der Waals surface area contributed by atoms with Crippen LogP contribution in [0.15, 0.2) is 0 Å². The second-order valence-electron chi connectivity index (χ2n) is 3.47. The Hall–Kier alpha value is 0.260. The predicted molar refractivity (Wildman–Crippen MR) is 58.1 cm³/mol. The molecule has 0 aromatic rings. The summed E-state index contributed by atoms with van der Waals surface area (Å²) in [7, 11) is -2.76. The summed E-state index contributed by atoms with van der Waals surface area (Å²) in [6.45, 7) is 1.01. The largest absolute Gasteiger partial charge is 0.313 e. The molecule has 0 atom stereocenters. The Bertz CT molecular complexity index is 235. The summed E-state index contributed by atoms with van der Waals surface area (Å²) < 4.78 is 21.5. The van der Waals surface area contributed by atoms with Crippen LogP contribution in [0.4, 0.5) is 0 Å². The highest BCUT2D eigenvalue weighted by Gasteiger charge is 2.19. The second-order valence-corrected chi connectivity index (χ2v) is 6.96. The second kappa shape index (κ2) is 5.22. The number of sulfone groups is 1. The lowest BCUT2D eigenvalue weighted by molar-refractivity contribution is 0.603. The molecule has 78 valence electrons. The first kappa shape index (κ1) is 11.3. The number of rotatable bonds is 7. The van der Waals surface area contributed by atoms with Gasteiger partial charge in [-0.3, -0.25) is 0 Å². The first-order chi connectivity index (χ1) is 6.08. The van der Waals surface area contributed by atoms with Crippen molar-refractivity contribution in [1.29, 1.82) is 0 Å². The van der Waals surface area contributed by atoms with Crippen molar-refractivity contribution in [1.82, 2.24) is 5.32 Å². The van der Waals surface area contributed by atoms with Gasteiger partial charge in [0.05, 0.1) is 5.75 Å². The van der Waals surface area contributed by atoms with Crippen molar-refractivity contribution < 1.29 is 8.42 Å². The lowest BCUT2D eigenvalue weighted by atomic mass is 10.6. The van der Waals surface area contributed by atoms with E-state index in [1.807, 2.05) is 0 Å². The molecule has 0 aliphatic heterocycles.